The van der Waals surface area contributed by atoms with E-state index < -0.39 is 5.60 Å². The van der Waals surface area contributed by atoms with E-state index in [4.69, 9.17) is 9.47 Å². The van der Waals surface area contributed by atoms with Crippen molar-refractivity contribution in [2.75, 3.05) is 26.3 Å². The van der Waals surface area contributed by atoms with E-state index >= 15 is 0 Å². The first kappa shape index (κ1) is 15.0. The van der Waals surface area contributed by atoms with Gasteiger partial charge in [-0.3, -0.25) is 4.79 Å². The third kappa shape index (κ3) is 4.64. The van der Waals surface area contributed by atoms with Crippen molar-refractivity contribution in [1.29, 1.82) is 0 Å². The van der Waals surface area contributed by atoms with Crippen LogP contribution in [0, 0.1) is 5.92 Å². The van der Waals surface area contributed by atoms with Crippen LogP contribution in [0.4, 0.5) is 4.79 Å². The van der Waals surface area contributed by atoms with E-state index in [1.165, 1.54) is 0 Å². The summed E-state index contributed by atoms with van der Waals surface area (Å²) in [6, 6.07) is 0. The first-order valence-corrected chi connectivity index (χ1v) is 6.42. The van der Waals surface area contributed by atoms with E-state index in [2.05, 4.69) is 0 Å². The van der Waals surface area contributed by atoms with Crippen LogP contribution >= 0.6 is 0 Å². The fourth-order valence-corrected chi connectivity index (χ4v) is 1.84. The molecule has 0 N–H and O–H groups in total. The minimum absolute atomic E-state index is 0.0721. The van der Waals surface area contributed by atoms with Gasteiger partial charge in [0.2, 0.25) is 0 Å². The van der Waals surface area contributed by atoms with Gasteiger partial charge in [0, 0.05) is 25.6 Å². The maximum absolute atomic E-state index is 11.8. The molecule has 1 saturated heterocycles. The molecule has 0 radical (unpaired) electrons. The van der Waals surface area contributed by atoms with Crippen molar-refractivity contribution in [3.63, 3.8) is 0 Å². The Balaban J connectivity index is 2.41. The summed E-state index contributed by atoms with van der Waals surface area (Å²) < 4.78 is 10.4. The fraction of sp³-hybridized carbons (Fsp3) is 0.846. The third-order valence-electron chi connectivity index (χ3n) is 2.74. The summed E-state index contributed by atoms with van der Waals surface area (Å²) in [5.41, 5.74) is -0.496. The highest BCUT2D eigenvalue weighted by molar-refractivity contribution is 5.83. The van der Waals surface area contributed by atoms with Crippen LogP contribution in [0.1, 0.15) is 34.1 Å². The number of carbonyl (C=O) groups excluding carboxylic acids is 2. The summed E-state index contributed by atoms with van der Waals surface area (Å²) in [4.78, 5) is 25.2. The largest absolute Gasteiger partial charge is 0.444 e. The summed E-state index contributed by atoms with van der Waals surface area (Å²) in [5.74, 6) is -0.0352. The number of hydrogen-bond donors (Lipinski definition) is 0. The minimum atomic E-state index is -0.496. The molecule has 104 valence electrons. The summed E-state index contributed by atoms with van der Waals surface area (Å²) in [6.45, 7) is 9.06. The van der Waals surface area contributed by atoms with Crippen LogP contribution < -0.4 is 0 Å². The lowest BCUT2D eigenvalue weighted by molar-refractivity contribution is -0.126. The van der Waals surface area contributed by atoms with Crippen molar-refractivity contribution < 1.29 is 19.1 Å². The first-order valence-electron chi connectivity index (χ1n) is 6.42. The molecule has 0 aromatic rings. The Morgan fingerprint density at radius 1 is 1.33 bits per heavy atom. The summed E-state index contributed by atoms with van der Waals surface area (Å²) in [5, 5.41) is 0. The van der Waals surface area contributed by atoms with Gasteiger partial charge in [0.1, 0.15) is 12.2 Å². The molecule has 1 aliphatic heterocycles. The lowest BCUT2D eigenvalue weighted by Crippen LogP contribution is -2.36. The highest BCUT2D eigenvalue weighted by atomic mass is 16.6. The number of nitrogens with zero attached hydrogens (tertiary/aromatic N) is 1. The molecule has 0 aromatic carbocycles. The number of Topliss-reactive ketones (excluding diaryl/α,β-unsaturated/α-hetero) is 1. The second kappa shape index (κ2) is 6.18. The number of rotatable bonds is 4. The molecule has 18 heavy (non-hydrogen) atoms. The number of carbonyl (C=O) groups is 2. The molecule has 1 atom stereocenters. The maximum Gasteiger partial charge on any atom is 0.410 e. The van der Waals surface area contributed by atoms with Crippen molar-refractivity contribution in [2.45, 2.75) is 39.7 Å². The quantitative estimate of drug-likeness (QED) is 0.771. The summed E-state index contributed by atoms with van der Waals surface area (Å²) >= 11 is 0. The van der Waals surface area contributed by atoms with E-state index in [1.54, 1.807) is 4.90 Å². The topological polar surface area (TPSA) is 55.8 Å². The number of likely N-dealkylation sites (tertiary alicyclic amines) is 1. The van der Waals surface area contributed by atoms with Gasteiger partial charge in [0.25, 0.3) is 0 Å². The van der Waals surface area contributed by atoms with E-state index in [-0.39, 0.29) is 24.4 Å². The molecule has 1 fully saturated rings. The van der Waals surface area contributed by atoms with Crippen LogP contribution in [0.15, 0.2) is 0 Å². The molecule has 0 saturated carbocycles. The number of ether oxygens (including phenoxy) is 2. The molecular formula is C13H23NO4. The van der Waals surface area contributed by atoms with Gasteiger partial charge >= 0.3 is 6.09 Å². The van der Waals surface area contributed by atoms with Gasteiger partial charge in [-0.2, -0.15) is 0 Å². The molecular weight excluding hydrogens is 234 g/mol. The van der Waals surface area contributed by atoms with Crippen LogP contribution in [0.2, 0.25) is 0 Å². The van der Waals surface area contributed by atoms with Gasteiger partial charge in [0.05, 0.1) is 0 Å². The van der Waals surface area contributed by atoms with Gasteiger partial charge in [-0.1, -0.05) is 0 Å². The van der Waals surface area contributed by atoms with Crippen LogP contribution in [-0.4, -0.2) is 48.7 Å². The van der Waals surface area contributed by atoms with E-state index in [9.17, 15) is 9.59 Å². The first-order chi connectivity index (χ1) is 8.33. The van der Waals surface area contributed by atoms with Crippen molar-refractivity contribution in [1.82, 2.24) is 4.90 Å². The second-order valence-electron chi connectivity index (χ2n) is 5.52. The smallest absolute Gasteiger partial charge is 0.410 e. The van der Waals surface area contributed by atoms with E-state index in [0.717, 1.165) is 0 Å². The highest BCUT2D eigenvalue weighted by Crippen LogP contribution is 2.20. The Morgan fingerprint density at radius 2 is 2.00 bits per heavy atom. The molecule has 5 nitrogen and oxygen atoms in total. The number of hydrogen-bond acceptors (Lipinski definition) is 4. The SMILES string of the molecule is CCOCC(=O)[C@H]1CCN(C(=O)OC(C)(C)C)C1. The standard InChI is InChI=1S/C13H23NO4/c1-5-17-9-11(15)10-6-7-14(8-10)12(16)18-13(2,3)4/h10H,5-9H2,1-4H3/t10-/m0/s1. The molecule has 0 unspecified atom stereocenters. The number of amides is 1. The second-order valence-corrected chi connectivity index (χ2v) is 5.52. The normalized spacial score (nSPS) is 20.0. The lowest BCUT2D eigenvalue weighted by Gasteiger charge is -2.24. The Kier molecular flexibility index (Phi) is 5.14. The molecule has 0 aliphatic carbocycles. The maximum atomic E-state index is 11.8. The van der Waals surface area contributed by atoms with Crippen molar-refractivity contribution in [3.8, 4) is 0 Å². The summed E-state index contributed by atoms with van der Waals surface area (Å²) in [7, 11) is 0. The molecule has 1 amide bonds. The van der Waals surface area contributed by atoms with Crippen molar-refractivity contribution in [2.24, 2.45) is 5.92 Å². The average Bonchev–Trinajstić information content (AvgIpc) is 2.72. The van der Waals surface area contributed by atoms with Gasteiger partial charge < -0.3 is 14.4 Å². The highest BCUT2D eigenvalue weighted by Gasteiger charge is 2.33. The van der Waals surface area contributed by atoms with Gasteiger partial charge in [-0.25, -0.2) is 4.79 Å². The Labute approximate surface area is 108 Å². The zero-order chi connectivity index (χ0) is 13.8. The monoisotopic (exact) mass is 257 g/mol. The molecule has 5 heteroatoms. The molecule has 0 bridgehead atoms. The Hall–Kier alpha value is -1.10. The van der Waals surface area contributed by atoms with E-state index in [0.29, 0.717) is 26.1 Å². The zero-order valence-corrected chi connectivity index (χ0v) is 11.7. The minimum Gasteiger partial charge on any atom is -0.444 e. The van der Waals surface area contributed by atoms with Crippen LogP contribution in [0.5, 0.6) is 0 Å². The number of ketones is 1. The summed E-state index contributed by atoms with van der Waals surface area (Å²) in [6.07, 6.45) is 0.361. The fourth-order valence-electron chi connectivity index (χ4n) is 1.84. The van der Waals surface area contributed by atoms with Crippen LogP contribution in [0.3, 0.4) is 0 Å². The van der Waals surface area contributed by atoms with Gasteiger partial charge in [0.15, 0.2) is 5.78 Å². The Morgan fingerprint density at radius 3 is 2.56 bits per heavy atom. The zero-order valence-electron chi connectivity index (χ0n) is 11.7. The molecule has 1 rings (SSSR count). The van der Waals surface area contributed by atoms with Crippen LogP contribution in [-0.2, 0) is 14.3 Å². The molecule has 0 spiro atoms. The average molecular weight is 257 g/mol. The molecule has 0 aromatic heterocycles. The lowest BCUT2D eigenvalue weighted by atomic mass is 10.0. The van der Waals surface area contributed by atoms with Gasteiger partial charge in [-0.05, 0) is 34.1 Å². The van der Waals surface area contributed by atoms with E-state index in [1.807, 2.05) is 27.7 Å². The van der Waals surface area contributed by atoms with Crippen molar-refractivity contribution >= 4 is 11.9 Å². The predicted octanol–water partition coefficient (Wildman–Crippen LogP) is 1.85. The van der Waals surface area contributed by atoms with Crippen molar-refractivity contribution in [3.05, 3.63) is 0 Å². The Bertz CT molecular complexity index is 309. The van der Waals surface area contributed by atoms with Crippen LogP contribution in [0.25, 0.3) is 0 Å². The molecule has 1 heterocycles. The van der Waals surface area contributed by atoms with Gasteiger partial charge in [-0.15, -0.1) is 0 Å². The molecule has 1 aliphatic rings. The predicted molar refractivity (Wildman–Crippen MR) is 67.4 cm³/mol. The third-order valence-corrected chi connectivity index (χ3v) is 2.74.